The molecule has 1 N–H and O–H groups in total. The fourth-order valence-electron chi connectivity index (χ4n) is 2.70. The van der Waals surface area contributed by atoms with Crippen LogP contribution in [0.1, 0.15) is 65.2 Å². The quantitative estimate of drug-likeness (QED) is 0.718. The molecule has 1 rings (SSSR count). The average Bonchev–Trinajstić information content (AvgIpc) is 2.34. The Kier molecular flexibility index (Phi) is 7.55. The maximum atomic E-state index is 3.89. The molecule has 0 heterocycles. The Morgan fingerprint density at radius 2 is 2.12 bits per heavy atom. The van der Waals surface area contributed by atoms with Gasteiger partial charge in [-0.2, -0.15) is 11.8 Å². The Morgan fingerprint density at radius 3 is 2.75 bits per heavy atom. The molecular formula is C14H29NS. The second kappa shape index (κ2) is 8.41. The average molecular weight is 243 g/mol. The summed E-state index contributed by atoms with van der Waals surface area (Å²) in [5.41, 5.74) is 0. The zero-order valence-electron chi connectivity index (χ0n) is 11.3. The molecule has 0 aliphatic heterocycles. The van der Waals surface area contributed by atoms with Gasteiger partial charge in [-0.15, -0.1) is 0 Å². The molecule has 0 aromatic heterocycles. The summed E-state index contributed by atoms with van der Waals surface area (Å²) in [5.74, 6) is 0. The zero-order chi connectivity index (χ0) is 11.8. The first-order valence-corrected chi connectivity index (χ1v) is 8.37. The van der Waals surface area contributed by atoms with Crippen molar-refractivity contribution in [2.75, 3.05) is 6.26 Å². The summed E-state index contributed by atoms with van der Waals surface area (Å²) in [4.78, 5) is 0. The van der Waals surface area contributed by atoms with Crippen LogP contribution < -0.4 is 5.32 Å². The fraction of sp³-hybridized carbons (Fsp3) is 1.00. The minimum Gasteiger partial charge on any atom is -0.311 e. The van der Waals surface area contributed by atoms with Crippen LogP contribution in [0.3, 0.4) is 0 Å². The van der Waals surface area contributed by atoms with Crippen LogP contribution in [0, 0.1) is 0 Å². The van der Waals surface area contributed by atoms with E-state index < -0.39 is 0 Å². The lowest BCUT2D eigenvalue weighted by molar-refractivity contribution is 0.324. The van der Waals surface area contributed by atoms with Crippen LogP contribution >= 0.6 is 11.8 Å². The van der Waals surface area contributed by atoms with E-state index in [0.717, 1.165) is 17.3 Å². The van der Waals surface area contributed by atoms with Crippen LogP contribution in [0.25, 0.3) is 0 Å². The molecule has 0 bridgehead atoms. The van der Waals surface area contributed by atoms with Crippen LogP contribution in [0.2, 0.25) is 0 Å². The number of unbranched alkanes of at least 4 members (excludes halogenated alkanes) is 1. The summed E-state index contributed by atoms with van der Waals surface area (Å²) in [5, 5.41) is 4.80. The second-order valence-electron chi connectivity index (χ2n) is 5.14. The smallest absolute Gasteiger partial charge is 0.00801 e. The summed E-state index contributed by atoms with van der Waals surface area (Å²) in [6, 6.07) is 1.57. The largest absolute Gasteiger partial charge is 0.311 e. The van der Waals surface area contributed by atoms with Gasteiger partial charge in [-0.05, 0) is 38.4 Å². The summed E-state index contributed by atoms with van der Waals surface area (Å²) in [6.45, 7) is 4.61. The van der Waals surface area contributed by atoms with E-state index in [1.54, 1.807) is 0 Å². The van der Waals surface area contributed by atoms with Crippen molar-refractivity contribution in [3.05, 3.63) is 0 Å². The number of nitrogens with one attached hydrogen (secondary N) is 1. The van der Waals surface area contributed by atoms with Crippen molar-refractivity contribution in [3.8, 4) is 0 Å². The molecule has 1 aliphatic carbocycles. The van der Waals surface area contributed by atoms with Gasteiger partial charge < -0.3 is 5.32 Å². The van der Waals surface area contributed by atoms with Crippen LogP contribution in [0.15, 0.2) is 0 Å². The summed E-state index contributed by atoms with van der Waals surface area (Å²) in [6.07, 6.45) is 13.3. The Hall–Kier alpha value is 0.310. The highest BCUT2D eigenvalue weighted by molar-refractivity contribution is 7.99. The Balaban J connectivity index is 2.27. The van der Waals surface area contributed by atoms with Gasteiger partial charge in [-0.25, -0.2) is 0 Å². The molecule has 2 heteroatoms. The number of hydrogen-bond donors (Lipinski definition) is 1. The van der Waals surface area contributed by atoms with Gasteiger partial charge in [0.15, 0.2) is 0 Å². The molecule has 0 amide bonds. The molecule has 0 aromatic carbocycles. The third kappa shape index (κ3) is 5.09. The highest BCUT2D eigenvalue weighted by atomic mass is 32.2. The zero-order valence-corrected chi connectivity index (χ0v) is 12.1. The third-order valence-corrected chi connectivity index (χ3v) is 4.92. The molecule has 3 atom stereocenters. The van der Waals surface area contributed by atoms with E-state index in [-0.39, 0.29) is 0 Å². The summed E-state index contributed by atoms with van der Waals surface area (Å²) in [7, 11) is 0. The van der Waals surface area contributed by atoms with Gasteiger partial charge in [-0.1, -0.05) is 33.1 Å². The molecule has 3 unspecified atom stereocenters. The van der Waals surface area contributed by atoms with Crippen molar-refractivity contribution in [1.29, 1.82) is 0 Å². The number of hydrogen-bond acceptors (Lipinski definition) is 2. The van der Waals surface area contributed by atoms with Crippen LogP contribution in [-0.2, 0) is 0 Å². The lowest BCUT2D eigenvalue weighted by Gasteiger charge is -2.32. The molecule has 0 spiro atoms. The minimum absolute atomic E-state index is 0.769. The Labute approximate surface area is 106 Å². The monoisotopic (exact) mass is 243 g/mol. The van der Waals surface area contributed by atoms with Crippen LogP contribution in [-0.4, -0.2) is 23.6 Å². The molecule has 1 nitrogen and oxygen atoms in total. The Bertz CT molecular complexity index is 172. The molecule has 1 saturated carbocycles. The molecule has 1 aliphatic rings. The number of thioether (sulfide) groups is 1. The van der Waals surface area contributed by atoms with Gasteiger partial charge in [0, 0.05) is 17.3 Å². The van der Waals surface area contributed by atoms with Gasteiger partial charge in [0.2, 0.25) is 0 Å². The highest BCUT2D eigenvalue weighted by Gasteiger charge is 2.22. The SMILES string of the molecule is CCCCC(CC)NC1CCCC(SC)C1. The van der Waals surface area contributed by atoms with Crippen molar-refractivity contribution >= 4 is 11.8 Å². The van der Waals surface area contributed by atoms with E-state index in [4.69, 9.17) is 0 Å². The van der Waals surface area contributed by atoms with Gasteiger partial charge in [0.1, 0.15) is 0 Å². The van der Waals surface area contributed by atoms with Crippen molar-refractivity contribution in [2.45, 2.75) is 82.5 Å². The van der Waals surface area contributed by atoms with Crippen molar-refractivity contribution in [1.82, 2.24) is 5.32 Å². The first-order valence-electron chi connectivity index (χ1n) is 7.09. The van der Waals surface area contributed by atoms with Crippen LogP contribution in [0.5, 0.6) is 0 Å². The molecule has 1 fully saturated rings. The van der Waals surface area contributed by atoms with Crippen molar-refractivity contribution in [2.24, 2.45) is 0 Å². The van der Waals surface area contributed by atoms with Gasteiger partial charge >= 0.3 is 0 Å². The van der Waals surface area contributed by atoms with E-state index >= 15 is 0 Å². The fourth-order valence-corrected chi connectivity index (χ4v) is 3.53. The topological polar surface area (TPSA) is 12.0 Å². The standard InChI is InChI=1S/C14H29NS/c1-4-6-8-12(5-2)15-13-9-7-10-14(11-13)16-3/h12-15H,4-11H2,1-3H3. The number of rotatable bonds is 7. The van der Waals surface area contributed by atoms with E-state index in [1.165, 1.54) is 51.4 Å². The first-order chi connectivity index (χ1) is 7.80. The Morgan fingerprint density at radius 1 is 1.31 bits per heavy atom. The minimum atomic E-state index is 0.769. The van der Waals surface area contributed by atoms with E-state index in [2.05, 4.69) is 37.2 Å². The predicted molar refractivity (Wildman–Crippen MR) is 76.3 cm³/mol. The summed E-state index contributed by atoms with van der Waals surface area (Å²) >= 11 is 2.06. The van der Waals surface area contributed by atoms with Crippen molar-refractivity contribution < 1.29 is 0 Å². The van der Waals surface area contributed by atoms with E-state index in [0.29, 0.717) is 0 Å². The molecule has 0 radical (unpaired) electrons. The first kappa shape index (κ1) is 14.4. The lowest BCUT2D eigenvalue weighted by Crippen LogP contribution is -2.41. The normalized spacial score (nSPS) is 27.9. The highest BCUT2D eigenvalue weighted by Crippen LogP contribution is 2.27. The molecule has 16 heavy (non-hydrogen) atoms. The van der Waals surface area contributed by atoms with E-state index in [9.17, 15) is 0 Å². The van der Waals surface area contributed by atoms with Gasteiger partial charge in [0.05, 0.1) is 0 Å². The lowest BCUT2D eigenvalue weighted by atomic mass is 9.93. The molecule has 96 valence electrons. The predicted octanol–water partition coefficient (Wildman–Crippen LogP) is 4.22. The summed E-state index contributed by atoms with van der Waals surface area (Å²) < 4.78 is 0. The molecule has 0 aromatic rings. The van der Waals surface area contributed by atoms with Crippen LogP contribution in [0.4, 0.5) is 0 Å². The molecule has 0 saturated heterocycles. The third-order valence-electron chi connectivity index (χ3n) is 3.83. The molecular weight excluding hydrogens is 214 g/mol. The van der Waals surface area contributed by atoms with Gasteiger partial charge in [0.25, 0.3) is 0 Å². The van der Waals surface area contributed by atoms with Gasteiger partial charge in [-0.3, -0.25) is 0 Å². The second-order valence-corrected chi connectivity index (χ2v) is 6.27. The maximum absolute atomic E-state index is 3.89. The van der Waals surface area contributed by atoms with Crippen molar-refractivity contribution in [3.63, 3.8) is 0 Å². The maximum Gasteiger partial charge on any atom is 0.00801 e. The van der Waals surface area contributed by atoms with E-state index in [1.807, 2.05) is 0 Å².